The largest absolute Gasteiger partial charge is 0.386 e. The maximum Gasteiger partial charge on any atom is 0.263 e. The Hall–Kier alpha value is -2.35. The standard InChI is InChI=1S/C22H32N4O/c23-15-20(18-25-17-19-11-10-14-24-16-19)22(27)26-21-12-8-6-4-2-1-3-5-7-9-13-21/h10-11,14,16,18,21,25H,1-9,12-13,17H2,(H,26,27)/b20-18-. The number of hydrogen-bond donors (Lipinski definition) is 2. The molecule has 1 aromatic rings. The minimum absolute atomic E-state index is 0.130. The molecule has 0 atom stereocenters. The van der Waals surface area contributed by atoms with Crippen LogP contribution in [0.3, 0.4) is 0 Å². The van der Waals surface area contributed by atoms with Crippen LogP contribution in [0.5, 0.6) is 0 Å². The summed E-state index contributed by atoms with van der Waals surface area (Å²) in [6.45, 7) is 0.537. The zero-order valence-electron chi connectivity index (χ0n) is 16.3. The summed E-state index contributed by atoms with van der Waals surface area (Å²) in [7, 11) is 0. The molecule has 27 heavy (non-hydrogen) atoms. The van der Waals surface area contributed by atoms with Gasteiger partial charge in [-0.25, -0.2) is 0 Å². The van der Waals surface area contributed by atoms with Gasteiger partial charge in [0.05, 0.1) is 0 Å². The molecule has 0 unspecified atom stereocenters. The van der Waals surface area contributed by atoms with Gasteiger partial charge in [-0.3, -0.25) is 9.78 Å². The molecule has 0 bridgehead atoms. The van der Waals surface area contributed by atoms with Gasteiger partial charge in [0.25, 0.3) is 5.91 Å². The summed E-state index contributed by atoms with van der Waals surface area (Å²) in [5, 5.41) is 15.5. The van der Waals surface area contributed by atoms with E-state index in [1.54, 1.807) is 12.4 Å². The molecule has 1 aromatic heterocycles. The van der Waals surface area contributed by atoms with E-state index in [9.17, 15) is 10.1 Å². The number of nitrogens with zero attached hydrogens (tertiary/aromatic N) is 2. The first-order valence-corrected chi connectivity index (χ1v) is 10.3. The number of carbonyl (C=O) groups is 1. The van der Waals surface area contributed by atoms with Crippen molar-refractivity contribution in [2.24, 2.45) is 0 Å². The number of hydrogen-bond acceptors (Lipinski definition) is 4. The van der Waals surface area contributed by atoms with Gasteiger partial charge in [0, 0.05) is 31.2 Å². The topological polar surface area (TPSA) is 77.8 Å². The van der Waals surface area contributed by atoms with Crippen LogP contribution >= 0.6 is 0 Å². The molecule has 0 aromatic carbocycles. The Morgan fingerprint density at radius 3 is 2.30 bits per heavy atom. The van der Waals surface area contributed by atoms with E-state index in [1.807, 2.05) is 18.2 Å². The van der Waals surface area contributed by atoms with Crippen LogP contribution < -0.4 is 10.6 Å². The summed E-state index contributed by atoms with van der Waals surface area (Å²) in [5.41, 5.74) is 1.13. The molecule has 1 amide bonds. The summed E-state index contributed by atoms with van der Waals surface area (Å²) in [6.07, 6.45) is 18.4. The van der Waals surface area contributed by atoms with Crippen LogP contribution in [0.1, 0.15) is 76.2 Å². The van der Waals surface area contributed by atoms with Gasteiger partial charge >= 0.3 is 0 Å². The lowest BCUT2D eigenvalue weighted by Gasteiger charge is -2.19. The fraction of sp³-hybridized carbons (Fsp3) is 0.591. The SMILES string of the molecule is N#C/C(=C/NCc1cccnc1)C(=O)NC1CCCCCCCCCCC1. The third-order valence-electron chi connectivity index (χ3n) is 5.08. The number of nitrogens with one attached hydrogen (secondary N) is 2. The smallest absolute Gasteiger partial charge is 0.263 e. The van der Waals surface area contributed by atoms with E-state index in [4.69, 9.17) is 0 Å². The van der Waals surface area contributed by atoms with Crippen LogP contribution in [-0.2, 0) is 11.3 Å². The monoisotopic (exact) mass is 368 g/mol. The van der Waals surface area contributed by atoms with Crippen LogP contribution in [0.2, 0.25) is 0 Å². The second-order valence-electron chi connectivity index (χ2n) is 7.34. The van der Waals surface area contributed by atoms with Crippen molar-refractivity contribution in [3.63, 3.8) is 0 Å². The first-order valence-electron chi connectivity index (χ1n) is 10.3. The maximum atomic E-state index is 12.5. The van der Waals surface area contributed by atoms with E-state index in [1.165, 1.54) is 51.1 Å². The van der Waals surface area contributed by atoms with Crippen LogP contribution in [-0.4, -0.2) is 16.9 Å². The molecular weight excluding hydrogens is 336 g/mol. The lowest BCUT2D eigenvalue weighted by Crippen LogP contribution is -2.36. The second-order valence-corrected chi connectivity index (χ2v) is 7.34. The number of nitriles is 1. The van der Waals surface area contributed by atoms with E-state index >= 15 is 0 Å². The molecule has 2 rings (SSSR count). The maximum absolute atomic E-state index is 12.5. The van der Waals surface area contributed by atoms with Crippen molar-refractivity contribution in [1.82, 2.24) is 15.6 Å². The minimum Gasteiger partial charge on any atom is -0.386 e. The Morgan fingerprint density at radius 2 is 1.74 bits per heavy atom. The average Bonchev–Trinajstić information content (AvgIpc) is 2.68. The van der Waals surface area contributed by atoms with Crippen LogP contribution in [0, 0.1) is 11.3 Å². The van der Waals surface area contributed by atoms with Crippen molar-refractivity contribution in [2.45, 2.75) is 83.2 Å². The Kier molecular flexibility index (Phi) is 10.0. The highest BCUT2D eigenvalue weighted by atomic mass is 16.1. The summed E-state index contributed by atoms with van der Waals surface area (Å²) < 4.78 is 0. The Bertz CT molecular complexity index is 609. The quantitative estimate of drug-likeness (QED) is 0.598. The predicted molar refractivity (Wildman–Crippen MR) is 107 cm³/mol. The number of pyridine rings is 1. The summed E-state index contributed by atoms with van der Waals surface area (Å²) in [4.78, 5) is 16.6. The third kappa shape index (κ3) is 8.72. The minimum atomic E-state index is -0.270. The molecule has 0 spiro atoms. The molecule has 1 heterocycles. The van der Waals surface area contributed by atoms with Gasteiger partial charge in [-0.1, -0.05) is 63.9 Å². The number of carbonyl (C=O) groups excluding carboxylic acids is 1. The number of aromatic nitrogens is 1. The van der Waals surface area contributed by atoms with Gasteiger partial charge in [0.1, 0.15) is 11.6 Å². The Balaban J connectivity index is 1.84. The molecular formula is C22H32N4O. The molecule has 1 fully saturated rings. The highest BCUT2D eigenvalue weighted by Crippen LogP contribution is 2.17. The van der Waals surface area contributed by atoms with Gasteiger partial charge in [0.2, 0.25) is 0 Å². The van der Waals surface area contributed by atoms with E-state index in [0.717, 1.165) is 31.2 Å². The molecule has 5 heteroatoms. The van der Waals surface area contributed by atoms with Crippen molar-refractivity contribution in [2.75, 3.05) is 0 Å². The first kappa shape index (κ1) is 21.0. The van der Waals surface area contributed by atoms with Crippen LogP contribution in [0.15, 0.2) is 36.3 Å². The third-order valence-corrected chi connectivity index (χ3v) is 5.08. The Labute approximate surface area is 163 Å². The fourth-order valence-corrected chi connectivity index (χ4v) is 3.49. The zero-order chi connectivity index (χ0) is 19.2. The van der Waals surface area contributed by atoms with Gasteiger partial charge < -0.3 is 10.6 Å². The molecule has 1 aliphatic carbocycles. The second kappa shape index (κ2) is 12.9. The molecule has 0 aliphatic heterocycles. The summed E-state index contributed by atoms with van der Waals surface area (Å²) >= 11 is 0. The molecule has 2 N–H and O–H groups in total. The van der Waals surface area contributed by atoms with Gasteiger partial charge in [-0.05, 0) is 24.5 Å². The van der Waals surface area contributed by atoms with E-state index in [0.29, 0.717) is 6.54 Å². The molecule has 5 nitrogen and oxygen atoms in total. The van der Waals surface area contributed by atoms with Crippen molar-refractivity contribution in [3.05, 3.63) is 41.9 Å². The molecule has 146 valence electrons. The fourth-order valence-electron chi connectivity index (χ4n) is 3.49. The van der Waals surface area contributed by atoms with E-state index in [2.05, 4.69) is 15.6 Å². The van der Waals surface area contributed by atoms with Crippen molar-refractivity contribution < 1.29 is 4.79 Å². The lowest BCUT2D eigenvalue weighted by molar-refractivity contribution is -0.117. The molecule has 0 saturated heterocycles. The normalized spacial score (nSPS) is 17.8. The number of rotatable bonds is 5. The average molecular weight is 369 g/mol. The zero-order valence-corrected chi connectivity index (χ0v) is 16.3. The van der Waals surface area contributed by atoms with Gasteiger partial charge in [-0.15, -0.1) is 0 Å². The first-order chi connectivity index (χ1) is 13.3. The van der Waals surface area contributed by atoms with E-state index in [-0.39, 0.29) is 17.5 Å². The predicted octanol–water partition coefficient (Wildman–Crippen LogP) is 4.37. The summed E-state index contributed by atoms with van der Waals surface area (Å²) in [6, 6.07) is 6.00. The van der Waals surface area contributed by atoms with Crippen molar-refractivity contribution >= 4 is 5.91 Å². The number of amides is 1. The van der Waals surface area contributed by atoms with Crippen LogP contribution in [0.4, 0.5) is 0 Å². The van der Waals surface area contributed by atoms with Crippen LogP contribution in [0.25, 0.3) is 0 Å². The van der Waals surface area contributed by atoms with Gasteiger partial charge in [0.15, 0.2) is 0 Å². The highest BCUT2D eigenvalue weighted by Gasteiger charge is 2.15. The van der Waals surface area contributed by atoms with Crippen molar-refractivity contribution in [3.8, 4) is 6.07 Å². The van der Waals surface area contributed by atoms with Gasteiger partial charge in [-0.2, -0.15) is 5.26 Å². The van der Waals surface area contributed by atoms with Crippen molar-refractivity contribution in [1.29, 1.82) is 5.26 Å². The lowest BCUT2D eigenvalue weighted by atomic mass is 9.98. The molecule has 1 saturated carbocycles. The summed E-state index contributed by atoms with van der Waals surface area (Å²) in [5.74, 6) is -0.270. The molecule has 0 radical (unpaired) electrons. The Morgan fingerprint density at radius 1 is 1.11 bits per heavy atom. The molecule has 1 aliphatic rings. The highest BCUT2D eigenvalue weighted by molar-refractivity contribution is 5.97. The van der Waals surface area contributed by atoms with E-state index < -0.39 is 0 Å².